The number of rotatable bonds is 4. The number of hydrogen-bond donors (Lipinski definition) is 0. The molecule has 1 amide bonds. The van der Waals surface area contributed by atoms with Crippen molar-refractivity contribution in [3.8, 4) is 0 Å². The van der Waals surface area contributed by atoms with Gasteiger partial charge in [0.1, 0.15) is 11.6 Å². The van der Waals surface area contributed by atoms with Gasteiger partial charge in [0, 0.05) is 12.3 Å². The molecule has 0 aromatic carbocycles. The lowest BCUT2D eigenvalue weighted by atomic mass is 9.78. The first-order valence-corrected chi connectivity index (χ1v) is 8.27. The highest BCUT2D eigenvalue weighted by Gasteiger charge is 2.57. The molecule has 7 heteroatoms. The molecule has 1 heterocycles. The Balaban J connectivity index is 3.32. The molecule has 0 aromatic rings. The summed E-state index contributed by atoms with van der Waals surface area (Å²) in [6, 6.07) is -0.839. The van der Waals surface area contributed by atoms with Crippen molar-refractivity contribution in [3.63, 3.8) is 0 Å². The zero-order chi connectivity index (χ0) is 18.7. The molecule has 1 saturated heterocycles. The van der Waals surface area contributed by atoms with E-state index in [1.165, 1.54) is 18.9 Å². The van der Waals surface area contributed by atoms with Crippen molar-refractivity contribution in [2.24, 2.45) is 5.41 Å². The summed E-state index contributed by atoms with van der Waals surface area (Å²) < 4.78 is 15.7. The van der Waals surface area contributed by atoms with Crippen LogP contribution in [0.4, 0.5) is 4.79 Å². The summed E-state index contributed by atoms with van der Waals surface area (Å²) in [6.07, 6.45) is 0.115. The van der Waals surface area contributed by atoms with Gasteiger partial charge in [0.15, 0.2) is 6.23 Å². The minimum Gasteiger partial charge on any atom is -0.467 e. The van der Waals surface area contributed by atoms with Crippen molar-refractivity contribution in [2.45, 2.75) is 78.7 Å². The highest BCUT2D eigenvalue weighted by Crippen LogP contribution is 2.47. The van der Waals surface area contributed by atoms with Crippen molar-refractivity contribution in [2.75, 3.05) is 7.11 Å². The fourth-order valence-corrected chi connectivity index (χ4v) is 3.14. The summed E-state index contributed by atoms with van der Waals surface area (Å²) in [7, 11) is 1.27. The van der Waals surface area contributed by atoms with Crippen LogP contribution in [0.15, 0.2) is 0 Å². The molecule has 24 heavy (non-hydrogen) atoms. The van der Waals surface area contributed by atoms with Crippen molar-refractivity contribution in [3.05, 3.63) is 0 Å². The van der Waals surface area contributed by atoms with E-state index in [2.05, 4.69) is 0 Å². The Labute approximate surface area is 143 Å². The number of amides is 1. The topological polar surface area (TPSA) is 82.1 Å². The average Bonchev–Trinajstić information content (AvgIpc) is 2.79. The quantitative estimate of drug-likeness (QED) is 0.576. The van der Waals surface area contributed by atoms with E-state index < -0.39 is 41.3 Å². The fraction of sp³-hybridized carbons (Fsp3) is 0.824. The van der Waals surface area contributed by atoms with Crippen LogP contribution in [0, 0.1) is 5.41 Å². The Morgan fingerprint density at radius 3 is 2.08 bits per heavy atom. The molecule has 1 aliphatic heterocycles. The molecule has 0 bridgehead atoms. The van der Waals surface area contributed by atoms with Gasteiger partial charge in [-0.05, 0) is 40.0 Å². The third kappa shape index (κ3) is 4.19. The highest BCUT2D eigenvalue weighted by molar-refractivity contribution is 5.83. The maximum Gasteiger partial charge on any atom is 0.413 e. The third-order valence-electron chi connectivity index (χ3n) is 4.48. The Bertz CT molecular complexity index is 492. The second kappa shape index (κ2) is 7.40. The maximum atomic E-state index is 12.7. The number of esters is 2. The van der Waals surface area contributed by atoms with Gasteiger partial charge in [0.05, 0.1) is 7.11 Å². The molecule has 7 nitrogen and oxygen atoms in total. The lowest BCUT2D eigenvalue weighted by molar-refractivity contribution is -0.167. The van der Waals surface area contributed by atoms with E-state index in [1.807, 2.05) is 13.8 Å². The van der Waals surface area contributed by atoms with Crippen LogP contribution in [0.1, 0.15) is 60.8 Å². The van der Waals surface area contributed by atoms with Crippen molar-refractivity contribution in [1.29, 1.82) is 0 Å². The number of likely N-dealkylation sites (tertiary alicyclic amines) is 1. The summed E-state index contributed by atoms with van der Waals surface area (Å²) in [5.41, 5.74) is -1.25. The maximum absolute atomic E-state index is 12.7. The van der Waals surface area contributed by atoms with Crippen LogP contribution in [0.2, 0.25) is 0 Å². The van der Waals surface area contributed by atoms with Crippen LogP contribution in [-0.4, -0.2) is 47.9 Å². The number of carbonyl (C=O) groups excluding carboxylic acids is 3. The molecule has 1 rings (SSSR count). The standard InChI is InChI=1S/C17H29NO6/c1-8-17(9-2)10-12(13(20)22-7)18(14(17)23-11(3)19)15(21)24-16(4,5)6/h12,14H,8-10H2,1-7H3/t12-,14?/m0/s1. The number of hydrogen-bond acceptors (Lipinski definition) is 6. The fourth-order valence-electron chi connectivity index (χ4n) is 3.14. The van der Waals surface area contributed by atoms with Crippen LogP contribution in [0.3, 0.4) is 0 Å². The van der Waals surface area contributed by atoms with Gasteiger partial charge in [-0.15, -0.1) is 0 Å². The predicted octanol–water partition coefficient (Wildman–Crippen LogP) is 2.86. The molecule has 138 valence electrons. The van der Waals surface area contributed by atoms with E-state index in [9.17, 15) is 14.4 Å². The van der Waals surface area contributed by atoms with Gasteiger partial charge in [-0.1, -0.05) is 13.8 Å². The van der Waals surface area contributed by atoms with Crippen LogP contribution >= 0.6 is 0 Å². The SMILES string of the molecule is CCC1(CC)C[C@@H](C(=O)OC)N(C(=O)OC(C)(C)C)C1OC(C)=O. The minimum absolute atomic E-state index is 0.365. The normalized spacial score (nSPS) is 22.9. The monoisotopic (exact) mass is 343 g/mol. The van der Waals surface area contributed by atoms with Gasteiger partial charge in [0.2, 0.25) is 0 Å². The largest absolute Gasteiger partial charge is 0.467 e. The number of carbonyl (C=O) groups is 3. The first-order valence-electron chi connectivity index (χ1n) is 8.27. The van der Waals surface area contributed by atoms with Crippen LogP contribution in [0.25, 0.3) is 0 Å². The smallest absolute Gasteiger partial charge is 0.413 e. The third-order valence-corrected chi connectivity index (χ3v) is 4.48. The van der Waals surface area contributed by atoms with E-state index in [0.717, 1.165) is 0 Å². The molecule has 0 spiro atoms. The Morgan fingerprint density at radius 1 is 1.17 bits per heavy atom. The van der Waals surface area contributed by atoms with E-state index in [1.54, 1.807) is 20.8 Å². The van der Waals surface area contributed by atoms with Gasteiger partial charge in [-0.25, -0.2) is 9.59 Å². The number of ether oxygens (including phenoxy) is 3. The Hall–Kier alpha value is -1.79. The molecule has 0 aromatic heterocycles. The van der Waals surface area contributed by atoms with Gasteiger partial charge in [-0.2, -0.15) is 0 Å². The zero-order valence-electron chi connectivity index (χ0n) is 15.7. The molecule has 2 atom stereocenters. The molecule has 0 saturated carbocycles. The summed E-state index contributed by atoms with van der Waals surface area (Å²) >= 11 is 0. The lowest BCUT2D eigenvalue weighted by Crippen LogP contribution is -2.51. The van der Waals surface area contributed by atoms with Crippen molar-refractivity contribution in [1.82, 2.24) is 4.90 Å². The summed E-state index contributed by atoms with van der Waals surface area (Å²) in [5, 5.41) is 0. The van der Waals surface area contributed by atoms with Crippen LogP contribution < -0.4 is 0 Å². The first kappa shape index (κ1) is 20.3. The van der Waals surface area contributed by atoms with Gasteiger partial charge < -0.3 is 14.2 Å². The molecule has 0 aliphatic carbocycles. The zero-order valence-corrected chi connectivity index (χ0v) is 15.7. The average molecular weight is 343 g/mol. The molecular weight excluding hydrogens is 314 g/mol. The summed E-state index contributed by atoms with van der Waals surface area (Å²) in [5.74, 6) is -1.05. The predicted molar refractivity (Wildman–Crippen MR) is 87.1 cm³/mol. The number of methoxy groups -OCH3 is 1. The van der Waals surface area contributed by atoms with Gasteiger partial charge in [0.25, 0.3) is 0 Å². The second-order valence-electron chi connectivity index (χ2n) is 7.16. The first-order chi connectivity index (χ1) is 11.0. The van der Waals surface area contributed by atoms with Crippen LogP contribution in [-0.2, 0) is 23.8 Å². The van der Waals surface area contributed by atoms with Crippen molar-refractivity contribution < 1.29 is 28.6 Å². The molecule has 0 N–H and O–H groups in total. The molecule has 0 radical (unpaired) electrons. The lowest BCUT2D eigenvalue weighted by Gasteiger charge is -2.36. The van der Waals surface area contributed by atoms with E-state index in [4.69, 9.17) is 14.2 Å². The molecular formula is C17H29NO6. The van der Waals surface area contributed by atoms with Crippen LogP contribution in [0.5, 0.6) is 0 Å². The highest BCUT2D eigenvalue weighted by atomic mass is 16.6. The van der Waals surface area contributed by atoms with Gasteiger partial charge in [-0.3, -0.25) is 9.69 Å². The minimum atomic E-state index is -0.857. The van der Waals surface area contributed by atoms with Crippen molar-refractivity contribution >= 4 is 18.0 Å². The molecule has 1 fully saturated rings. The summed E-state index contributed by atoms with van der Waals surface area (Å²) in [6.45, 7) is 10.4. The number of nitrogens with zero attached hydrogens (tertiary/aromatic N) is 1. The Kier molecular flexibility index (Phi) is 6.25. The molecule has 1 unspecified atom stereocenters. The van der Waals surface area contributed by atoms with E-state index >= 15 is 0 Å². The van der Waals surface area contributed by atoms with E-state index in [0.29, 0.717) is 19.3 Å². The molecule has 1 aliphatic rings. The van der Waals surface area contributed by atoms with E-state index in [-0.39, 0.29) is 0 Å². The van der Waals surface area contributed by atoms with Gasteiger partial charge >= 0.3 is 18.0 Å². The second-order valence-corrected chi connectivity index (χ2v) is 7.16. The summed E-state index contributed by atoms with van der Waals surface area (Å²) in [4.78, 5) is 37.8. The Morgan fingerprint density at radius 2 is 1.71 bits per heavy atom.